The molecule has 20 heavy (non-hydrogen) atoms. The Hall–Kier alpha value is -2.43. The molecule has 0 aromatic carbocycles. The van der Waals surface area contributed by atoms with Crippen LogP contribution in [0.5, 0.6) is 0 Å². The summed E-state index contributed by atoms with van der Waals surface area (Å²) in [7, 11) is 0. The van der Waals surface area contributed by atoms with Gasteiger partial charge in [0.1, 0.15) is 0 Å². The average Bonchev–Trinajstić information content (AvgIpc) is 2.46. The molecule has 0 unspecified atom stereocenters. The van der Waals surface area contributed by atoms with E-state index in [0.29, 0.717) is 19.5 Å². The van der Waals surface area contributed by atoms with E-state index in [-0.39, 0.29) is 11.5 Å². The molecule has 0 radical (unpaired) electrons. The molecule has 0 aliphatic heterocycles. The third-order valence-corrected chi connectivity index (χ3v) is 2.88. The first-order chi connectivity index (χ1) is 9.75. The Bertz CT molecular complexity index is 608. The topological polar surface area (TPSA) is 64.0 Å². The summed E-state index contributed by atoms with van der Waals surface area (Å²) in [5.74, 6) is -0.0293. The van der Waals surface area contributed by atoms with Crippen LogP contribution in [0.1, 0.15) is 12.0 Å². The Kier molecular flexibility index (Phi) is 5.06. The summed E-state index contributed by atoms with van der Waals surface area (Å²) in [6.07, 6.45) is 6.17. The third kappa shape index (κ3) is 4.35. The summed E-state index contributed by atoms with van der Waals surface area (Å²) in [4.78, 5) is 27.1. The lowest BCUT2D eigenvalue weighted by Crippen LogP contribution is -2.28. The second kappa shape index (κ2) is 7.23. The predicted molar refractivity (Wildman–Crippen MR) is 76.3 cm³/mol. The molecule has 2 heterocycles. The summed E-state index contributed by atoms with van der Waals surface area (Å²) in [5, 5.41) is 2.84. The van der Waals surface area contributed by atoms with E-state index in [1.165, 1.54) is 6.07 Å². The molecule has 2 aromatic rings. The smallest absolute Gasteiger partial charge is 0.250 e. The van der Waals surface area contributed by atoms with Gasteiger partial charge in [0.15, 0.2) is 0 Å². The van der Waals surface area contributed by atoms with Crippen LogP contribution in [0, 0.1) is 0 Å². The maximum Gasteiger partial charge on any atom is 0.250 e. The molecule has 1 N–H and O–H groups in total. The highest BCUT2D eigenvalue weighted by Gasteiger charge is 2.02. The molecule has 0 saturated carbocycles. The quantitative estimate of drug-likeness (QED) is 0.797. The molecule has 2 rings (SSSR count). The van der Waals surface area contributed by atoms with Gasteiger partial charge in [0.25, 0.3) is 0 Å². The van der Waals surface area contributed by atoms with E-state index in [2.05, 4.69) is 10.3 Å². The zero-order valence-electron chi connectivity index (χ0n) is 11.2. The Balaban J connectivity index is 1.70. The van der Waals surface area contributed by atoms with Gasteiger partial charge < -0.3 is 9.88 Å². The van der Waals surface area contributed by atoms with Crippen LogP contribution in [0.3, 0.4) is 0 Å². The first-order valence-corrected chi connectivity index (χ1v) is 6.57. The van der Waals surface area contributed by atoms with Crippen LogP contribution in [0.25, 0.3) is 0 Å². The molecule has 5 heteroatoms. The highest BCUT2D eigenvalue weighted by atomic mass is 16.1. The fourth-order valence-corrected chi connectivity index (χ4v) is 1.87. The van der Waals surface area contributed by atoms with Crippen LogP contribution in [0.4, 0.5) is 0 Å². The van der Waals surface area contributed by atoms with Gasteiger partial charge in [-0.05, 0) is 24.1 Å². The number of nitrogens with one attached hydrogen (secondary N) is 1. The molecule has 0 saturated heterocycles. The number of hydrogen-bond donors (Lipinski definition) is 1. The van der Waals surface area contributed by atoms with Gasteiger partial charge in [0.05, 0.1) is 6.42 Å². The second-order valence-electron chi connectivity index (χ2n) is 4.47. The summed E-state index contributed by atoms with van der Waals surface area (Å²) in [6.45, 7) is 1.16. The Morgan fingerprint density at radius 2 is 2.15 bits per heavy atom. The van der Waals surface area contributed by atoms with Crippen LogP contribution >= 0.6 is 0 Å². The van der Waals surface area contributed by atoms with Gasteiger partial charge in [-0.25, -0.2) is 0 Å². The minimum atomic E-state index is -0.0293. The van der Waals surface area contributed by atoms with Crippen molar-refractivity contribution in [3.63, 3.8) is 0 Å². The lowest BCUT2D eigenvalue weighted by atomic mass is 10.2. The third-order valence-electron chi connectivity index (χ3n) is 2.88. The Labute approximate surface area is 117 Å². The average molecular weight is 271 g/mol. The van der Waals surface area contributed by atoms with E-state index < -0.39 is 0 Å². The van der Waals surface area contributed by atoms with Crippen LogP contribution in [0.2, 0.25) is 0 Å². The maximum absolute atomic E-state index is 11.7. The molecule has 5 nitrogen and oxygen atoms in total. The molecule has 104 valence electrons. The SMILES string of the molecule is O=C(Cc1cccnc1)NCCCn1ccccc1=O. The van der Waals surface area contributed by atoms with Crippen LogP contribution in [-0.4, -0.2) is 22.0 Å². The van der Waals surface area contributed by atoms with E-state index in [4.69, 9.17) is 0 Å². The Morgan fingerprint density at radius 3 is 2.90 bits per heavy atom. The molecule has 0 spiro atoms. The highest BCUT2D eigenvalue weighted by Crippen LogP contribution is 1.96. The van der Waals surface area contributed by atoms with Gasteiger partial charge in [-0.3, -0.25) is 14.6 Å². The molecule has 1 amide bonds. The molecular formula is C15H17N3O2. The van der Waals surface area contributed by atoms with E-state index >= 15 is 0 Å². The number of carbonyl (C=O) groups is 1. The van der Waals surface area contributed by atoms with E-state index in [9.17, 15) is 9.59 Å². The maximum atomic E-state index is 11.7. The number of carbonyl (C=O) groups excluding carboxylic acids is 1. The number of pyridine rings is 2. The molecule has 0 fully saturated rings. The summed E-state index contributed by atoms with van der Waals surface area (Å²) in [5.41, 5.74) is 0.874. The fourth-order valence-electron chi connectivity index (χ4n) is 1.87. The second-order valence-corrected chi connectivity index (χ2v) is 4.47. The van der Waals surface area contributed by atoms with Crippen molar-refractivity contribution in [2.75, 3.05) is 6.54 Å². The number of aryl methyl sites for hydroxylation is 1. The number of rotatable bonds is 6. The molecular weight excluding hydrogens is 254 g/mol. The lowest BCUT2D eigenvalue weighted by molar-refractivity contribution is -0.120. The molecule has 2 aromatic heterocycles. The van der Waals surface area contributed by atoms with Crippen molar-refractivity contribution in [2.45, 2.75) is 19.4 Å². The van der Waals surface area contributed by atoms with Crippen molar-refractivity contribution in [2.24, 2.45) is 0 Å². The molecule has 0 bridgehead atoms. The lowest BCUT2D eigenvalue weighted by Gasteiger charge is -2.07. The van der Waals surface area contributed by atoms with Crippen molar-refractivity contribution in [3.05, 3.63) is 64.8 Å². The van der Waals surface area contributed by atoms with Gasteiger partial charge >= 0.3 is 0 Å². The number of aromatic nitrogens is 2. The van der Waals surface area contributed by atoms with Gasteiger partial charge in [0.2, 0.25) is 11.5 Å². The monoisotopic (exact) mass is 271 g/mol. The highest BCUT2D eigenvalue weighted by molar-refractivity contribution is 5.78. The van der Waals surface area contributed by atoms with Crippen LogP contribution < -0.4 is 10.9 Å². The summed E-state index contributed by atoms with van der Waals surface area (Å²) in [6, 6.07) is 8.75. The number of amides is 1. The van der Waals surface area contributed by atoms with Crippen LogP contribution in [0.15, 0.2) is 53.7 Å². The van der Waals surface area contributed by atoms with Gasteiger partial charge in [-0.2, -0.15) is 0 Å². The molecule has 0 aliphatic rings. The first kappa shape index (κ1) is 14.0. The zero-order chi connectivity index (χ0) is 14.2. The molecule has 0 aliphatic carbocycles. The predicted octanol–water partition coefficient (Wildman–Crippen LogP) is 0.992. The zero-order valence-corrected chi connectivity index (χ0v) is 11.2. The van der Waals surface area contributed by atoms with Crippen molar-refractivity contribution in [1.82, 2.24) is 14.9 Å². The van der Waals surface area contributed by atoms with E-state index in [1.54, 1.807) is 29.2 Å². The first-order valence-electron chi connectivity index (χ1n) is 6.57. The van der Waals surface area contributed by atoms with Crippen LogP contribution in [-0.2, 0) is 17.8 Å². The van der Waals surface area contributed by atoms with Crippen molar-refractivity contribution in [1.29, 1.82) is 0 Å². The van der Waals surface area contributed by atoms with Gasteiger partial charge in [0, 0.05) is 37.7 Å². The minimum Gasteiger partial charge on any atom is -0.356 e. The minimum absolute atomic E-state index is 0.0193. The van der Waals surface area contributed by atoms with E-state index in [1.807, 2.05) is 18.2 Å². The van der Waals surface area contributed by atoms with E-state index in [0.717, 1.165) is 12.0 Å². The number of nitrogens with zero attached hydrogens (tertiary/aromatic N) is 2. The fraction of sp³-hybridized carbons (Fsp3) is 0.267. The Morgan fingerprint density at radius 1 is 1.25 bits per heavy atom. The normalized spacial score (nSPS) is 10.2. The molecule has 0 atom stereocenters. The van der Waals surface area contributed by atoms with Gasteiger partial charge in [-0.15, -0.1) is 0 Å². The van der Waals surface area contributed by atoms with Crippen molar-refractivity contribution >= 4 is 5.91 Å². The standard InChI is InChI=1S/C15H17N3O2/c19-14(11-13-5-3-7-16-12-13)17-8-4-10-18-9-2-1-6-15(18)20/h1-3,5-7,9,12H,4,8,10-11H2,(H,17,19). The summed E-state index contributed by atoms with van der Waals surface area (Å²) < 4.78 is 1.63. The largest absolute Gasteiger partial charge is 0.356 e. The summed E-state index contributed by atoms with van der Waals surface area (Å²) >= 11 is 0. The van der Waals surface area contributed by atoms with Gasteiger partial charge in [-0.1, -0.05) is 12.1 Å². The van der Waals surface area contributed by atoms with Crippen molar-refractivity contribution in [3.8, 4) is 0 Å². The van der Waals surface area contributed by atoms with Crippen molar-refractivity contribution < 1.29 is 4.79 Å². The number of hydrogen-bond acceptors (Lipinski definition) is 3.